The summed E-state index contributed by atoms with van der Waals surface area (Å²) in [7, 11) is -8.66. The SMILES string of the molecule is O=C(OC1C2OS(=O)(=O)C3C2SC1C3C(=O)Oc1ccc(S(=O)(=O)O)c2c1CCCC2)C1CC2c3ccccc3C1c1ccccc12. The number of fused-ring (bicyclic) bond motifs is 3. The minimum Gasteiger partial charge on any atom is -0.458 e. The summed E-state index contributed by atoms with van der Waals surface area (Å²) in [6, 6.07) is 18.8. The van der Waals surface area contributed by atoms with Gasteiger partial charge in [-0.1, -0.05) is 48.5 Å². The van der Waals surface area contributed by atoms with Crippen LogP contribution < -0.4 is 4.74 Å². The second-order valence-corrected chi connectivity index (χ2v) is 17.7. The molecule has 4 aliphatic carbocycles. The highest BCUT2D eigenvalue weighted by atomic mass is 32.2. The lowest BCUT2D eigenvalue weighted by Crippen LogP contribution is -2.51. The summed E-state index contributed by atoms with van der Waals surface area (Å²) in [6.45, 7) is 0. The van der Waals surface area contributed by atoms with Crippen LogP contribution in [0.25, 0.3) is 0 Å². The van der Waals surface area contributed by atoms with E-state index >= 15 is 0 Å². The molecule has 0 aromatic heterocycles. The Morgan fingerprint density at radius 1 is 0.851 bits per heavy atom. The third-order valence-corrected chi connectivity index (χ3v) is 15.6. The summed E-state index contributed by atoms with van der Waals surface area (Å²) in [5, 5.41) is -2.44. The molecular weight excluding hydrogens is 665 g/mol. The molecule has 3 aliphatic heterocycles. The maximum atomic E-state index is 14.1. The molecule has 0 radical (unpaired) electrons. The van der Waals surface area contributed by atoms with Gasteiger partial charge >= 0.3 is 11.9 Å². The van der Waals surface area contributed by atoms with Gasteiger partial charge in [-0.3, -0.25) is 18.3 Å². The molecule has 244 valence electrons. The van der Waals surface area contributed by atoms with Gasteiger partial charge in [0.25, 0.3) is 20.2 Å². The van der Waals surface area contributed by atoms with Gasteiger partial charge in [-0.05, 0) is 77.6 Å². The van der Waals surface area contributed by atoms with E-state index in [0.29, 0.717) is 36.8 Å². The number of thioether (sulfide) groups is 1. The third kappa shape index (κ3) is 4.35. The van der Waals surface area contributed by atoms with Crippen LogP contribution in [0.4, 0.5) is 0 Å². The first-order chi connectivity index (χ1) is 22.5. The summed E-state index contributed by atoms with van der Waals surface area (Å²) < 4.78 is 78.0. The molecule has 3 heterocycles. The third-order valence-electron chi connectivity index (χ3n) is 11.0. The normalized spacial score (nSPS) is 33.5. The Hall–Kier alpha value is -3.23. The van der Waals surface area contributed by atoms with E-state index in [4.69, 9.17) is 13.7 Å². The van der Waals surface area contributed by atoms with E-state index in [1.165, 1.54) is 35.0 Å². The van der Waals surface area contributed by atoms with Crippen LogP contribution in [0.3, 0.4) is 0 Å². The first kappa shape index (κ1) is 29.9. The zero-order valence-electron chi connectivity index (χ0n) is 24.9. The van der Waals surface area contributed by atoms with E-state index in [1.54, 1.807) is 0 Å². The molecule has 3 aromatic carbocycles. The molecule has 3 saturated heterocycles. The molecule has 7 unspecified atom stereocenters. The average molecular weight is 695 g/mol. The Morgan fingerprint density at radius 2 is 1.49 bits per heavy atom. The van der Waals surface area contributed by atoms with Crippen molar-refractivity contribution in [2.45, 2.75) is 76.8 Å². The fraction of sp³-hybridized carbons (Fsp3) is 0.412. The number of carbonyl (C=O) groups excluding carboxylic acids is 2. The minimum absolute atomic E-state index is 0.0349. The first-order valence-electron chi connectivity index (χ1n) is 15.8. The summed E-state index contributed by atoms with van der Waals surface area (Å²) in [5.74, 6) is -2.90. The summed E-state index contributed by atoms with van der Waals surface area (Å²) in [5.41, 5.74) is 5.51. The fourth-order valence-electron chi connectivity index (χ4n) is 9.13. The first-order valence-corrected chi connectivity index (χ1v) is 19.7. The zero-order valence-corrected chi connectivity index (χ0v) is 27.3. The lowest BCUT2D eigenvalue weighted by Gasteiger charge is -2.44. The predicted octanol–water partition coefficient (Wildman–Crippen LogP) is 4.14. The van der Waals surface area contributed by atoms with Crippen LogP contribution >= 0.6 is 11.8 Å². The van der Waals surface area contributed by atoms with E-state index in [2.05, 4.69) is 24.3 Å². The monoisotopic (exact) mass is 694 g/mol. The van der Waals surface area contributed by atoms with Crippen LogP contribution in [-0.2, 0) is 51.6 Å². The maximum Gasteiger partial charge on any atom is 0.317 e. The molecule has 3 aromatic rings. The molecule has 7 atom stereocenters. The highest BCUT2D eigenvalue weighted by Gasteiger charge is 2.73. The summed E-state index contributed by atoms with van der Waals surface area (Å²) in [6.07, 6.45) is 0.980. The molecular formula is C34H30O10S3. The molecule has 4 bridgehead atoms. The van der Waals surface area contributed by atoms with Crippen molar-refractivity contribution in [3.63, 3.8) is 0 Å². The number of ether oxygens (including phenoxy) is 2. The van der Waals surface area contributed by atoms with Gasteiger partial charge in [-0.25, -0.2) is 0 Å². The molecule has 7 aliphatic rings. The van der Waals surface area contributed by atoms with Gasteiger partial charge in [0.05, 0.1) is 27.2 Å². The molecule has 10 nitrogen and oxygen atoms in total. The van der Waals surface area contributed by atoms with Gasteiger partial charge in [0.2, 0.25) is 0 Å². The molecule has 13 heteroatoms. The molecule has 0 amide bonds. The molecule has 47 heavy (non-hydrogen) atoms. The summed E-state index contributed by atoms with van der Waals surface area (Å²) >= 11 is 1.29. The summed E-state index contributed by atoms with van der Waals surface area (Å²) in [4.78, 5) is 27.8. The highest BCUT2D eigenvalue weighted by Crippen LogP contribution is 2.60. The Kier molecular flexibility index (Phi) is 6.60. The van der Waals surface area contributed by atoms with Crippen LogP contribution in [0.1, 0.15) is 64.5 Å². The lowest BCUT2D eigenvalue weighted by atomic mass is 9.59. The van der Waals surface area contributed by atoms with Gasteiger partial charge in [0, 0.05) is 11.8 Å². The number of hydrogen-bond acceptors (Lipinski definition) is 10. The van der Waals surface area contributed by atoms with E-state index in [-0.39, 0.29) is 22.5 Å². The van der Waals surface area contributed by atoms with Crippen molar-refractivity contribution in [2.24, 2.45) is 11.8 Å². The standard InChI is InChI=1S/C34H30O10S3/c35-33(23-15-22-16-7-1-5-11-20(16)26(23)21-12-6-2-8-17(21)22)43-28-29-31-32(47(40,41)44-29)27(30(28)45-31)34(36)42-24-13-14-25(46(37,38)39)19-10-4-3-9-18(19)24/h1-2,5-8,11-14,22-23,26-32H,3-4,9-10,15H2,(H,37,38,39). The van der Waals surface area contributed by atoms with Crippen LogP contribution in [0.5, 0.6) is 5.75 Å². The van der Waals surface area contributed by atoms with Crippen LogP contribution in [-0.4, -0.2) is 61.3 Å². The van der Waals surface area contributed by atoms with Crippen molar-refractivity contribution in [2.75, 3.05) is 0 Å². The van der Waals surface area contributed by atoms with Crippen molar-refractivity contribution in [1.82, 2.24) is 0 Å². The molecule has 1 N–H and O–H groups in total. The number of rotatable bonds is 5. The van der Waals surface area contributed by atoms with Crippen molar-refractivity contribution >= 4 is 43.9 Å². The Labute approximate surface area is 276 Å². The van der Waals surface area contributed by atoms with Crippen molar-refractivity contribution in [1.29, 1.82) is 0 Å². The lowest BCUT2D eigenvalue weighted by molar-refractivity contribution is -0.162. The van der Waals surface area contributed by atoms with Crippen molar-refractivity contribution in [3.8, 4) is 5.75 Å². The van der Waals surface area contributed by atoms with E-state index in [0.717, 1.165) is 17.5 Å². The number of benzene rings is 3. The maximum absolute atomic E-state index is 14.1. The second-order valence-electron chi connectivity index (χ2n) is 13.3. The fourth-order valence-corrected chi connectivity index (χ4v) is 14.3. The Bertz CT molecular complexity index is 2050. The van der Waals surface area contributed by atoms with Crippen LogP contribution in [0.15, 0.2) is 65.6 Å². The Morgan fingerprint density at radius 3 is 2.15 bits per heavy atom. The van der Waals surface area contributed by atoms with E-state index < -0.39 is 72.0 Å². The van der Waals surface area contributed by atoms with Gasteiger partial charge in [0.1, 0.15) is 23.2 Å². The number of esters is 2. The van der Waals surface area contributed by atoms with Crippen LogP contribution in [0, 0.1) is 11.8 Å². The van der Waals surface area contributed by atoms with Gasteiger partial charge in [-0.2, -0.15) is 16.8 Å². The molecule has 0 saturated carbocycles. The van der Waals surface area contributed by atoms with E-state index in [1.807, 2.05) is 24.3 Å². The number of carbonyl (C=O) groups is 2. The second kappa shape index (κ2) is 10.4. The largest absolute Gasteiger partial charge is 0.458 e. The quantitative estimate of drug-likeness (QED) is 0.178. The van der Waals surface area contributed by atoms with Gasteiger partial charge in [-0.15, -0.1) is 11.8 Å². The minimum atomic E-state index is -4.49. The van der Waals surface area contributed by atoms with Gasteiger partial charge < -0.3 is 9.47 Å². The Balaban J connectivity index is 1.02. The van der Waals surface area contributed by atoms with E-state index in [9.17, 15) is 31.0 Å². The smallest absolute Gasteiger partial charge is 0.317 e. The average Bonchev–Trinajstić information content (AvgIpc) is 3.67. The molecule has 3 fully saturated rings. The molecule has 0 spiro atoms. The topological polar surface area (TPSA) is 150 Å². The molecule has 10 rings (SSSR count). The van der Waals surface area contributed by atoms with Crippen molar-refractivity contribution in [3.05, 3.63) is 94.0 Å². The van der Waals surface area contributed by atoms with Gasteiger partial charge in [0.15, 0.2) is 0 Å². The predicted molar refractivity (Wildman–Crippen MR) is 169 cm³/mol. The number of hydrogen-bond donors (Lipinski definition) is 1. The highest BCUT2D eigenvalue weighted by molar-refractivity contribution is 8.03. The van der Waals surface area contributed by atoms with Crippen LogP contribution in [0.2, 0.25) is 0 Å². The van der Waals surface area contributed by atoms with Crippen molar-refractivity contribution < 1.29 is 44.6 Å². The zero-order chi connectivity index (χ0) is 32.4.